The number of pyridine rings is 1. The average Bonchev–Trinajstić information content (AvgIpc) is 3.19. The van der Waals surface area contributed by atoms with Gasteiger partial charge in [-0.15, -0.1) is 11.3 Å². The van der Waals surface area contributed by atoms with Crippen molar-refractivity contribution in [3.63, 3.8) is 0 Å². The minimum Gasteiger partial charge on any atom is -0.306 e. The summed E-state index contributed by atoms with van der Waals surface area (Å²) in [5, 5.41) is 8.26. The summed E-state index contributed by atoms with van der Waals surface area (Å²) in [4.78, 5) is 18.2. The lowest BCUT2D eigenvalue weighted by Crippen LogP contribution is -2.12. The second-order valence-electron chi connectivity index (χ2n) is 5.93. The van der Waals surface area contributed by atoms with E-state index >= 15 is 0 Å². The van der Waals surface area contributed by atoms with Crippen LogP contribution in [-0.2, 0) is 0 Å². The van der Waals surface area contributed by atoms with Crippen molar-refractivity contribution in [2.24, 2.45) is 0 Å². The van der Waals surface area contributed by atoms with E-state index in [1.54, 1.807) is 23.0 Å². The molecule has 130 valence electrons. The molecule has 1 amide bonds. The number of nitrogens with one attached hydrogen (secondary N) is 1. The molecule has 7 heteroatoms. The lowest BCUT2D eigenvalue weighted by atomic mass is 10.2. The third-order valence-corrected chi connectivity index (χ3v) is 5.19. The molecule has 0 fully saturated rings. The third-order valence-electron chi connectivity index (χ3n) is 4.08. The van der Waals surface area contributed by atoms with E-state index in [0.717, 1.165) is 27.2 Å². The topological polar surface area (TPSA) is 59.8 Å². The quantitative estimate of drug-likeness (QED) is 0.581. The van der Waals surface area contributed by atoms with Crippen LogP contribution in [-0.4, -0.2) is 20.7 Å². The number of hydrogen-bond donors (Lipinski definition) is 1. The fourth-order valence-corrected chi connectivity index (χ4v) is 3.78. The zero-order valence-electron chi connectivity index (χ0n) is 14.2. The van der Waals surface area contributed by atoms with Crippen LogP contribution in [0.2, 0.25) is 0 Å². The minimum absolute atomic E-state index is 0.210. The lowest BCUT2D eigenvalue weighted by molar-refractivity contribution is 0.103. The summed E-state index contributed by atoms with van der Waals surface area (Å²) < 4.78 is 14.9. The molecule has 0 atom stereocenters. The van der Waals surface area contributed by atoms with Gasteiger partial charge in [0, 0.05) is 11.6 Å². The van der Waals surface area contributed by atoms with Crippen LogP contribution < -0.4 is 5.32 Å². The van der Waals surface area contributed by atoms with Crippen molar-refractivity contribution in [2.75, 3.05) is 5.32 Å². The van der Waals surface area contributed by atoms with Crippen LogP contribution in [0.4, 0.5) is 10.2 Å². The maximum absolute atomic E-state index is 13.2. The molecule has 0 aliphatic heterocycles. The van der Waals surface area contributed by atoms with Gasteiger partial charge in [-0.1, -0.05) is 6.07 Å². The molecule has 0 radical (unpaired) electrons. The van der Waals surface area contributed by atoms with Gasteiger partial charge in [-0.05, 0) is 55.8 Å². The van der Waals surface area contributed by atoms with Gasteiger partial charge in [-0.2, -0.15) is 5.10 Å². The van der Waals surface area contributed by atoms with Gasteiger partial charge in [0.15, 0.2) is 0 Å². The van der Waals surface area contributed by atoms with Crippen molar-refractivity contribution in [3.8, 4) is 5.69 Å². The van der Waals surface area contributed by atoms with E-state index < -0.39 is 0 Å². The number of anilines is 1. The van der Waals surface area contributed by atoms with Gasteiger partial charge in [0.25, 0.3) is 5.91 Å². The molecule has 1 N–H and O–H groups in total. The number of aryl methyl sites for hydroxylation is 2. The van der Waals surface area contributed by atoms with Crippen LogP contribution >= 0.6 is 11.3 Å². The summed E-state index contributed by atoms with van der Waals surface area (Å²) in [7, 11) is 0. The number of benzene rings is 1. The van der Waals surface area contributed by atoms with Gasteiger partial charge in [0.05, 0.1) is 16.3 Å². The molecular weight excluding hydrogens is 351 g/mol. The Morgan fingerprint density at radius 2 is 1.96 bits per heavy atom. The van der Waals surface area contributed by atoms with Gasteiger partial charge in [0.2, 0.25) is 0 Å². The van der Waals surface area contributed by atoms with Crippen LogP contribution in [0.25, 0.3) is 15.9 Å². The number of carbonyl (C=O) groups excluding carboxylic acids is 1. The maximum Gasteiger partial charge on any atom is 0.266 e. The van der Waals surface area contributed by atoms with Crippen molar-refractivity contribution in [3.05, 3.63) is 70.6 Å². The number of carbonyl (C=O) groups is 1. The molecule has 0 saturated carbocycles. The van der Waals surface area contributed by atoms with E-state index in [2.05, 4.69) is 15.4 Å². The second-order valence-corrected chi connectivity index (χ2v) is 6.96. The molecule has 0 spiro atoms. The summed E-state index contributed by atoms with van der Waals surface area (Å²) in [5.41, 5.74) is 2.46. The number of rotatable bonds is 3. The first-order valence-electron chi connectivity index (χ1n) is 8.01. The summed E-state index contributed by atoms with van der Waals surface area (Å²) in [6, 6.07) is 11.7. The van der Waals surface area contributed by atoms with Crippen molar-refractivity contribution in [1.82, 2.24) is 14.8 Å². The Labute approximate surface area is 153 Å². The highest BCUT2D eigenvalue weighted by atomic mass is 32.1. The van der Waals surface area contributed by atoms with E-state index in [0.29, 0.717) is 10.7 Å². The van der Waals surface area contributed by atoms with Gasteiger partial charge < -0.3 is 5.32 Å². The fraction of sp³-hybridized carbons (Fsp3) is 0.105. The monoisotopic (exact) mass is 366 g/mol. The lowest BCUT2D eigenvalue weighted by Gasteiger charge is -2.05. The van der Waals surface area contributed by atoms with E-state index in [9.17, 15) is 9.18 Å². The Kier molecular flexibility index (Phi) is 4.00. The number of aromatic nitrogens is 3. The molecule has 4 rings (SSSR count). The van der Waals surface area contributed by atoms with Gasteiger partial charge in [-0.25, -0.2) is 14.1 Å². The van der Waals surface area contributed by atoms with E-state index in [1.165, 1.54) is 23.5 Å². The maximum atomic E-state index is 13.2. The van der Waals surface area contributed by atoms with E-state index in [1.807, 2.05) is 32.0 Å². The molecule has 0 saturated heterocycles. The molecule has 4 aromatic rings. The van der Waals surface area contributed by atoms with Gasteiger partial charge in [0.1, 0.15) is 16.5 Å². The summed E-state index contributed by atoms with van der Waals surface area (Å²) >= 11 is 1.34. The SMILES string of the molecule is Cc1cccnc1NC(=O)c1cc2c(C)nn(-c3ccc(F)cc3)c2s1. The molecule has 5 nitrogen and oxygen atoms in total. The first kappa shape index (κ1) is 16.4. The Balaban J connectivity index is 1.72. The highest BCUT2D eigenvalue weighted by molar-refractivity contribution is 7.20. The number of amides is 1. The zero-order valence-corrected chi connectivity index (χ0v) is 15.0. The Bertz CT molecular complexity index is 1110. The van der Waals surface area contributed by atoms with E-state index in [4.69, 9.17) is 0 Å². The van der Waals surface area contributed by atoms with Crippen LogP contribution in [0.3, 0.4) is 0 Å². The van der Waals surface area contributed by atoms with E-state index in [-0.39, 0.29) is 11.7 Å². The molecule has 3 aromatic heterocycles. The van der Waals surface area contributed by atoms with Crippen LogP contribution in [0.5, 0.6) is 0 Å². The second kappa shape index (κ2) is 6.34. The average molecular weight is 366 g/mol. The predicted octanol–water partition coefficient (Wildman–Crippen LogP) is 4.49. The van der Waals surface area contributed by atoms with Crippen LogP contribution in [0.1, 0.15) is 20.9 Å². The molecule has 0 bridgehead atoms. The molecular formula is C19H15FN4OS. The van der Waals surface area contributed by atoms with Crippen molar-refractivity contribution in [2.45, 2.75) is 13.8 Å². The van der Waals surface area contributed by atoms with Crippen molar-refractivity contribution < 1.29 is 9.18 Å². The minimum atomic E-state index is -0.300. The molecule has 0 unspecified atom stereocenters. The first-order valence-corrected chi connectivity index (χ1v) is 8.82. The largest absolute Gasteiger partial charge is 0.306 e. The zero-order chi connectivity index (χ0) is 18.3. The third kappa shape index (κ3) is 2.86. The molecule has 26 heavy (non-hydrogen) atoms. The first-order chi connectivity index (χ1) is 12.5. The van der Waals surface area contributed by atoms with Crippen molar-refractivity contribution in [1.29, 1.82) is 0 Å². The van der Waals surface area contributed by atoms with Gasteiger partial charge in [-0.3, -0.25) is 4.79 Å². The fourth-order valence-electron chi connectivity index (χ4n) is 2.70. The Hall–Kier alpha value is -3.06. The highest BCUT2D eigenvalue weighted by Gasteiger charge is 2.18. The van der Waals surface area contributed by atoms with Gasteiger partial charge >= 0.3 is 0 Å². The molecule has 0 aliphatic carbocycles. The molecule has 3 heterocycles. The normalized spacial score (nSPS) is 11.0. The number of fused-ring (bicyclic) bond motifs is 1. The number of hydrogen-bond acceptors (Lipinski definition) is 4. The smallest absolute Gasteiger partial charge is 0.266 e. The Morgan fingerprint density at radius 1 is 1.19 bits per heavy atom. The summed E-state index contributed by atoms with van der Waals surface area (Å²) in [6.07, 6.45) is 1.64. The summed E-state index contributed by atoms with van der Waals surface area (Å²) in [5.74, 6) is 0.0377. The number of thiophene rings is 1. The summed E-state index contributed by atoms with van der Waals surface area (Å²) in [6.45, 7) is 3.78. The number of nitrogens with zero attached hydrogens (tertiary/aromatic N) is 3. The molecule has 0 aliphatic rings. The predicted molar refractivity (Wildman–Crippen MR) is 101 cm³/mol. The highest BCUT2D eigenvalue weighted by Crippen LogP contribution is 2.31. The molecule has 1 aromatic carbocycles. The van der Waals surface area contributed by atoms with Crippen molar-refractivity contribution >= 4 is 33.3 Å². The van der Waals surface area contributed by atoms with Crippen LogP contribution in [0, 0.1) is 19.7 Å². The van der Waals surface area contributed by atoms with Crippen LogP contribution in [0.15, 0.2) is 48.7 Å². The standard InChI is InChI=1S/C19H15FN4OS/c1-11-4-3-9-21-17(11)22-18(25)16-10-15-12(2)23-24(19(15)26-16)14-7-5-13(20)6-8-14/h3-10H,1-2H3,(H,21,22,25). The number of halogens is 1. The Morgan fingerprint density at radius 3 is 2.69 bits per heavy atom.